The number of benzene rings is 1. The van der Waals surface area contributed by atoms with Gasteiger partial charge >= 0.3 is 0 Å². The van der Waals surface area contributed by atoms with Gasteiger partial charge in [-0.1, -0.05) is 6.07 Å². The van der Waals surface area contributed by atoms with Crippen LogP contribution in [0.1, 0.15) is 47.2 Å². The molecule has 0 saturated carbocycles. The molecule has 8 heteroatoms. The number of nitrogens with zero attached hydrogens (tertiary/aromatic N) is 1. The van der Waals surface area contributed by atoms with E-state index in [1.54, 1.807) is 0 Å². The molecule has 2 aliphatic carbocycles. The van der Waals surface area contributed by atoms with Crippen molar-refractivity contribution >= 4 is 27.2 Å². The van der Waals surface area contributed by atoms with Crippen LogP contribution in [0.4, 0.5) is 5.69 Å². The fraction of sp³-hybridized carbons (Fsp3) is 0.526. The van der Waals surface area contributed by atoms with E-state index in [9.17, 15) is 8.42 Å². The van der Waals surface area contributed by atoms with Crippen LogP contribution in [0.3, 0.4) is 0 Å². The Labute approximate surface area is 163 Å². The maximum atomic E-state index is 12.8. The SMILES string of the molecule is O=S(=O)(NCNc1c2c(cc3c1CCC3)CCC2)c1snc2c1OCCC2. The molecule has 2 heterocycles. The molecule has 0 spiro atoms. The van der Waals surface area contributed by atoms with Gasteiger partial charge in [-0.25, -0.2) is 8.42 Å². The smallest absolute Gasteiger partial charge is 0.256 e. The summed E-state index contributed by atoms with van der Waals surface area (Å²) in [5, 5.41) is 3.40. The molecule has 0 fully saturated rings. The largest absolute Gasteiger partial charge is 0.489 e. The molecular formula is C19H23N3O3S2. The zero-order chi connectivity index (χ0) is 18.4. The first-order chi connectivity index (χ1) is 13.1. The van der Waals surface area contributed by atoms with Crippen LogP contribution in [0.2, 0.25) is 0 Å². The quantitative estimate of drug-likeness (QED) is 0.748. The average molecular weight is 406 g/mol. The maximum Gasteiger partial charge on any atom is 0.256 e. The lowest BCUT2D eigenvalue weighted by Gasteiger charge is -2.18. The normalized spacial score (nSPS) is 17.9. The van der Waals surface area contributed by atoms with E-state index in [4.69, 9.17) is 4.74 Å². The molecule has 0 amide bonds. The molecule has 6 nitrogen and oxygen atoms in total. The second-order valence-corrected chi connectivity index (χ2v) is 10.2. The Morgan fingerprint density at radius 3 is 2.52 bits per heavy atom. The lowest BCUT2D eigenvalue weighted by Crippen LogP contribution is -2.29. The topological polar surface area (TPSA) is 80.3 Å². The van der Waals surface area contributed by atoms with Crippen molar-refractivity contribution in [3.05, 3.63) is 34.0 Å². The lowest BCUT2D eigenvalue weighted by molar-refractivity contribution is 0.281. The first kappa shape index (κ1) is 17.5. The van der Waals surface area contributed by atoms with E-state index in [1.165, 1.54) is 40.8 Å². The Balaban J connectivity index is 1.35. The first-order valence-corrected chi connectivity index (χ1v) is 11.9. The lowest BCUT2D eigenvalue weighted by atomic mass is 9.99. The fourth-order valence-electron chi connectivity index (χ4n) is 4.50. The monoisotopic (exact) mass is 405 g/mol. The van der Waals surface area contributed by atoms with Crippen LogP contribution in [0.15, 0.2) is 10.3 Å². The molecule has 3 aliphatic rings. The highest BCUT2D eigenvalue weighted by Gasteiger charge is 2.29. The molecule has 1 aromatic carbocycles. The zero-order valence-electron chi connectivity index (χ0n) is 15.1. The van der Waals surface area contributed by atoms with E-state index >= 15 is 0 Å². The highest BCUT2D eigenvalue weighted by atomic mass is 32.2. The van der Waals surface area contributed by atoms with Crippen LogP contribution in [0, 0.1) is 0 Å². The van der Waals surface area contributed by atoms with Crippen LogP contribution < -0.4 is 14.8 Å². The molecule has 2 aromatic rings. The van der Waals surface area contributed by atoms with E-state index in [2.05, 4.69) is 20.5 Å². The van der Waals surface area contributed by atoms with E-state index in [0.29, 0.717) is 12.4 Å². The van der Waals surface area contributed by atoms with E-state index in [1.807, 2.05) is 0 Å². The average Bonchev–Trinajstić information content (AvgIpc) is 3.39. The van der Waals surface area contributed by atoms with Crippen molar-refractivity contribution in [2.75, 3.05) is 18.6 Å². The molecule has 2 N–H and O–H groups in total. The number of aryl methyl sites for hydroxylation is 3. The van der Waals surface area contributed by atoms with Crippen LogP contribution in [0.5, 0.6) is 5.75 Å². The summed E-state index contributed by atoms with van der Waals surface area (Å²) >= 11 is 1.01. The first-order valence-electron chi connectivity index (χ1n) is 9.65. The number of fused-ring (bicyclic) bond motifs is 3. The molecule has 1 aromatic heterocycles. The van der Waals surface area contributed by atoms with Crippen molar-refractivity contribution < 1.29 is 13.2 Å². The summed E-state index contributed by atoms with van der Waals surface area (Å²) in [6.07, 6.45) is 8.45. The van der Waals surface area contributed by atoms with Crippen molar-refractivity contribution in [2.45, 2.75) is 55.6 Å². The van der Waals surface area contributed by atoms with Crippen molar-refractivity contribution in [3.8, 4) is 5.75 Å². The van der Waals surface area contributed by atoms with Gasteiger partial charge in [0.25, 0.3) is 10.0 Å². The number of hydrogen-bond donors (Lipinski definition) is 2. The molecule has 0 saturated heterocycles. The van der Waals surface area contributed by atoms with Gasteiger partial charge in [0.1, 0.15) is 0 Å². The van der Waals surface area contributed by atoms with Gasteiger partial charge in [0.05, 0.1) is 19.0 Å². The Hall–Kier alpha value is -1.64. The summed E-state index contributed by atoms with van der Waals surface area (Å²) < 4.78 is 38.3. The van der Waals surface area contributed by atoms with Crippen molar-refractivity contribution in [2.24, 2.45) is 0 Å². The van der Waals surface area contributed by atoms with E-state index in [-0.39, 0.29) is 10.9 Å². The van der Waals surface area contributed by atoms with Crippen LogP contribution >= 0.6 is 11.5 Å². The van der Waals surface area contributed by atoms with Crippen LogP contribution in [-0.2, 0) is 42.1 Å². The number of rotatable bonds is 5. The van der Waals surface area contributed by atoms with Crippen molar-refractivity contribution in [3.63, 3.8) is 0 Å². The van der Waals surface area contributed by atoms with Gasteiger partial charge in [0, 0.05) is 5.69 Å². The third kappa shape index (κ3) is 3.03. The zero-order valence-corrected chi connectivity index (χ0v) is 16.8. The molecular weight excluding hydrogens is 382 g/mol. The Kier molecular flexibility index (Phi) is 4.37. The van der Waals surface area contributed by atoms with E-state index < -0.39 is 10.0 Å². The van der Waals surface area contributed by atoms with Gasteiger partial charge in [0.2, 0.25) is 0 Å². The Bertz CT molecular complexity index is 966. The molecule has 5 rings (SSSR count). The summed E-state index contributed by atoms with van der Waals surface area (Å²) in [5.41, 5.74) is 7.57. The van der Waals surface area contributed by atoms with Crippen LogP contribution in [-0.4, -0.2) is 26.1 Å². The molecule has 0 radical (unpaired) electrons. The van der Waals surface area contributed by atoms with Gasteiger partial charge in [0.15, 0.2) is 9.96 Å². The summed E-state index contributed by atoms with van der Waals surface area (Å²) in [6.45, 7) is 0.729. The number of nitrogens with one attached hydrogen (secondary N) is 2. The molecule has 0 atom stereocenters. The number of hydrogen-bond acceptors (Lipinski definition) is 6. The standard InChI is InChI=1S/C19H23N3O3S2/c23-27(24,19-18-16(22-26-19)8-3-9-25-18)21-11-20-17-14-6-1-4-12(14)10-13-5-2-7-15(13)17/h10,20-21H,1-9,11H2. The highest BCUT2D eigenvalue weighted by molar-refractivity contribution is 7.91. The molecule has 1 aliphatic heterocycles. The molecule has 27 heavy (non-hydrogen) atoms. The summed E-state index contributed by atoms with van der Waals surface area (Å²) in [5.74, 6) is 0.445. The third-order valence-corrected chi connectivity index (χ3v) is 8.48. The Morgan fingerprint density at radius 1 is 1.04 bits per heavy atom. The number of sulfonamides is 1. The van der Waals surface area contributed by atoms with Crippen molar-refractivity contribution in [1.82, 2.24) is 9.10 Å². The van der Waals surface area contributed by atoms with Gasteiger partial charge in [-0.3, -0.25) is 0 Å². The minimum absolute atomic E-state index is 0.178. The summed E-state index contributed by atoms with van der Waals surface area (Å²) in [7, 11) is -3.64. The maximum absolute atomic E-state index is 12.8. The number of anilines is 1. The molecule has 0 unspecified atom stereocenters. The minimum atomic E-state index is -3.64. The van der Waals surface area contributed by atoms with Crippen molar-refractivity contribution in [1.29, 1.82) is 0 Å². The van der Waals surface area contributed by atoms with Gasteiger partial charge in [-0.15, -0.1) is 0 Å². The predicted molar refractivity (Wildman–Crippen MR) is 105 cm³/mol. The minimum Gasteiger partial charge on any atom is -0.489 e. The summed E-state index contributed by atoms with van der Waals surface area (Å²) in [6, 6.07) is 2.38. The second kappa shape index (κ2) is 6.76. The highest BCUT2D eigenvalue weighted by Crippen LogP contribution is 2.39. The predicted octanol–water partition coefficient (Wildman–Crippen LogP) is 2.79. The second-order valence-electron chi connectivity index (χ2n) is 7.43. The van der Waals surface area contributed by atoms with Crippen LogP contribution in [0.25, 0.3) is 0 Å². The molecule has 144 valence electrons. The molecule has 0 bridgehead atoms. The Morgan fingerprint density at radius 2 is 1.78 bits per heavy atom. The van der Waals surface area contributed by atoms with E-state index in [0.717, 1.165) is 55.8 Å². The fourth-order valence-corrected chi connectivity index (χ4v) is 6.62. The third-order valence-electron chi connectivity index (χ3n) is 5.74. The summed E-state index contributed by atoms with van der Waals surface area (Å²) in [4.78, 5) is 0. The van der Waals surface area contributed by atoms with Gasteiger partial charge < -0.3 is 10.1 Å². The number of aromatic nitrogens is 1. The number of ether oxygens (including phenoxy) is 1. The van der Waals surface area contributed by atoms with Gasteiger partial charge in [-0.2, -0.15) is 9.10 Å². The van der Waals surface area contributed by atoms with Gasteiger partial charge in [-0.05, 0) is 85.2 Å².